The molecular weight excluding hydrogens is 190 g/mol. The Hall–Kier alpha value is -1.22. The molecule has 0 saturated carbocycles. The fourth-order valence-electron chi connectivity index (χ4n) is 1.27. The van der Waals surface area contributed by atoms with Crippen LogP contribution in [0, 0.1) is 0 Å². The van der Waals surface area contributed by atoms with Gasteiger partial charge < -0.3 is 14.8 Å². The predicted molar refractivity (Wildman–Crippen MR) is 59.4 cm³/mol. The van der Waals surface area contributed by atoms with Crippen molar-refractivity contribution < 1.29 is 20.4 Å². The van der Waals surface area contributed by atoms with Crippen molar-refractivity contribution in [1.29, 1.82) is 0 Å². The van der Waals surface area contributed by atoms with Gasteiger partial charge in [-0.1, -0.05) is 13.0 Å². The third-order valence-electron chi connectivity index (χ3n) is 1.87. The molecule has 3 nitrogen and oxygen atoms in total. The molecule has 15 heavy (non-hydrogen) atoms. The first-order chi connectivity index (χ1) is 10.2. The van der Waals surface area contributed by atoms with Gasteiger partial charge in [0.2, 0.25) is 6.75 Å². The summed E-state index contributed by atoms with van der Waals surface area (Å²) in [7, 11) is 0. The van der Waals surface area contributed by atoms with E-state index in [0.717, 1.165) is 0 Å². The van der Waals surface area contributed by atoms with Crippen LogP contribution in [0.25, 0.3) is 0 Å². The van der Waals surface area contributed by atoms with Crippen molar-refractivity contribution in [3.05, 3.63) is 23.7 Å². The number of ether oxygens (including phenoxy) is 2. The molecule has 0 spiro atoms. The summed E-state index contributed by atoms with van der Waals surface area (Å²) in [5, 5.41) is 2.43. The molecule has 2 rings (SSSR count). The van der Waals surface area contributed by atoms with Crippen molar-refractivity contribution in [2.24, 2.45) is 0 Å². The lowest BCUT2D eigenvalue weighted by atomic mass is 10.1. The number of likely N-dealkylation sites (N-methyl/N-ethyl adjacent to an activating group) is 1. The first-order valence-electron chi connectivity index (χ1n) is 8.52. The quantitative estimate of drug-likeness (QED) is 0.833. The Balaban J connectivity index is 2.44. The van der Waals surface area contributed by atoms with Crippen LogP contribution in [0.15, 0.2) is 18.1 Å². The molecule has 0 aliphatic carbocycles. The van der Waals surface area contributed by atoms with Gasteiger partial charge in [-0.3, -0.25) is 0 Å². The van der Waals surface area contributed by atoms with Gasteiger partial charge in [-0.2, -0.15) is 0 Å². The van der Waals surface area contributed by atoms with Gasteiger partial charge in [-0.05, 0) is 37.5 Å². The average molecular weight is 215 g/mol. The summed E-state index contributed by atoms with van der Waals surface area (Å²) in [6.45, 7) is -1.71. The van der Waals surface area contributed by atoms with Gasteiger partial charge in [0.25, 0.3) is 0 Å². The Kier molecular flexibility index (Phi) is 1.31. The molecule has 0 unspecified atom stereocenters. The van der Waals surface area contributed by atoms with Crippen molar-refractivity contribution in [2.45, 2.75) is 26.3 Å². The fraction of sp³-hybridized carbons (Fsp3) is 0.500. The zero-order chi connectivity index (χ0) is 17.8. The lowest BCUT2D eigenvalue weighted by Gasteiger charge is -2.12. The normalized spacial score (nSPS) is 29.5. The van der Waals surface area contributed by atoms with E-state index in [-0.39, 0.29) is 35.6 Å². The largest absolute Gasteiger partial charge is 0.454 e. The van der Waals surface area contributed by atoms with Crippen molar-refractivity contribution in [3.8, 4) is 11.5 Å². The van der Waals surface area contributed by atoms with E-state index < -0.39 is 25.3 Å². The summed E-state index contributed by atoms with van der Waals surface area (Å²) in [6.07, 6.45) is -0.233. The van der Waals surface area contributed by atoms with E-state index in [2.05, 4.69) is 5.32 Å². The van der Waals surface area contributed by atoms with Crippen LogP contribution < -0.4 is 14.8 Å². The number of rotatable bonds is 4. The summed E-state index contributed by atoms with van der Waals surface area (Å²) < 4.78 is 71.5. The highest BCUT2D eigenvalue weighted by Gasteiger charge is 2.13. The average Bonchev–Trinajstić information content (AvgIpc) is 2.65. The van der Waals surface area contributed by atoms with Crippen LogP contribution in [-0.2, 0) is 6.42 Å². The summed E-state index contributed by atoms with van der Waals surface area (Å²) >= 11 is 0. The Morgan fingerprint density at radius 3 is 3.27 bits per heavy atom. The van der Waals surface area contributed by atoms with Crippen molar-refractivity contribution in [2.75, 3.05) is 13.2 Å². The highest BCUT2D eigenvalue weighted by atomic mass is 16.7. The molecule has 1 atom stereocenters. The topological polar surface area (TPSA) is 30.5 Å². The van der Waals surface area contributed by atoms with Gasteiger partial charge in [0, 0.05) is 10.1 Å². The molecule has 1 aromatic rings. The van der Waals surface area contributed by atoms with Crippen LogP contribution in [-0.4, -0.2) is 19.3 Å². The SMILES string of the molecule is [2H]c1c([2H])c2c(c([2H])c1C[C@@]([2H])(C)NC([2H])([2H])C)OC([2H])([2H])O2. The van der Waals surface area contributed by atoms with Crippen LogP contribution in [0.5, 0.6) is 11.5 Å². The molecule has 0 bridgehead atoms. The molecule has 1 N–H and O–H groups in total. The highest BCUT2D eigenvalue weighted by Crippen LogP contribution is 2.32. The molecule has 1 aliphatic heterocycles. The van der Waals surface area contributed by atoms with Crippen molar-refractivity contribution >= 4 is 0 Å². The Labute approximate surface area is 102 Å². The zero-order valence-corrected chi connectivity index (χ0v) is 8.52. The predicted octanol–water partition coefficient (Wildman–Crippen LogP) is 1.96. The Bertz CT molecular complexity index is 641. The summed E-state index contributed by atoms with van der Waals surface area (Å²) in [5.41, 5.74) is -0.00991. The van der Waals surface area contributed by atoms with Gasteiger partial charge in [0.15, 0.2) is 11.5 Å². The van der Waals surface area contributed by atoms with Crippen molar-refractivity contribution in [1.82, 2.24) is 5.32 Å². The molecule has 0 aromatic heterocycles. The summed E-state index contributed by atoms with van der Waals surface area (Å²) in [4.78, 5) is 0. The fourth-order valence-corrected chi connectivity index (χ4v) is 1.27. The maximum absolute atomic E-state index is 8.13. The third kappa shape index (κ3) is 2.42. The number of hydrogen-bond acceptors (Lipinski definition) is 3. The molecule has 0 radical (unpaired) electrons. The summed E-state index contributed by atoms with van der Waals surface area (Å²) in [6, 6.07) is -2.67. The minimum atomic E-state index is -2.51. The van der Waals surface area contributed by atoms with Crippen LogP contribution in [0.2, 0.25) is 0 Å². The van der Waals surface area contributed by atoms with Gasteiger partial charge in [0.05, 0.1) is 4.11 Å². The first kappa shape index (κ1) is 4.34. The van der Waals surface area contributed by atoms with E-state index >= 15 is 0 Å². The number of hydrogen-bond donors (Lipinski definition) is 1. The molecule has 0 fully saturated rings. The van der Waals surface area contributed by atoms with E-state index in [1.807, 2.05) is 0 Å². The minimum absolute atomic E-state index is 0.00991. The summed E-state index contributed by atoms with van der Waals surface area (Å²) in [5.74, 6) is -0.583. The van der Waals surface area contributed by atoms with Gasteiger partial charge >= 0.3 is 0 Å². The van der Waals surface area contributed by atoms with E-state index in [1.54, 1.807) is 0 Å². The Morgan fingerprint density at radius 1 is 1.67 bits per heavy atom. The molecular formula is C12H17NO2. The second-order valence-corrected chi connectivity index (χ2v) is 3.13. The second-order valence-electron chi connectivity index (χ2n) is 3.13. The maximum atomic E-state index is 8.13. The molecule has 1 aliphatic rings. The van der Waals surface area contributed by atoms with Gasteiger partial charge in [-0.15, -0.1) is 0 Å². The van der Waals surface area contributed by atoms with E-state index in [0.29, 0.717) is 0 Å². The van der Waals surface area contributed by atoms with Gasteiger partial charge in [0.1, 0.15) is 2.74 Å². The zero-order valence-electron chi connectivity index (χ0n) is 16.5. The molecule has 0 amide bonds. The third-order valence-corrected chi connectivity index (χ3v) is 1.87. The monoisotopic (exact) mass is 215 g/mol. The smallest absolute Gasteiger partial charge is 0.231 e. The van der Waals surface area contributed by atoms with Crippen LogP contribution in [0.1, 0.15) is 30.4 Å². The molecule has 82 valence electrons. The van der Waals surface area contributed by atoms with Gasteiger partial charge in [-0.25, -0.2) is 0 Å². The number of nitrogens with one attached hydrogen (secondary N) is 1. The molecule has 1 heterocycles. The molecule has 1 aromatic carbocycles. The first-order valence-corrected chi connectivity index (χ1v) is 4.52. The molecule has 0 saturated heterocycles. The van der Waals surface area contributed by atoms with Crippen molar-refractivity contribution in [3.63, 3.8) is 0 Å². The van der Waals surface area contributed by atoms with Crippen LogP contribution in [0.4, 0.5) is 0 Å². The lowest BCUT2D eigenvalue weighted by molar-refractivity contribution is 0.174. The highest BCUT2D eigenvalue weighted by molar-refractivity contribution is 5.44. The number of benzene rings is 1. The Morgan fingerprint density at radius 2 is 2.47 bits per heavy atom. The van der Waals surface area contributed by atoms with E-state index in [1.165, 1.54) is 13.8 Å². The molecule has 3 heteroatoms. The number of fused-ring (bicyclic) bond motifs is 1. The van der Waals surface area contributed by atoms with Crippen LogP contribution in [0.3, 0.4) is 0 Å². The van der Waals surface area contributed by atoms with E-state index in [4.69, 9.17) is 20.4 Å². The van der Waals surface area contributed by atoms with Crippen LogP contribution >= 0.6 is 0 Å². The second kappa shape index (κ2) is 4.53. The maximum Gasteiger partial charge on any atom is 0.231 e. The standard InChI is InChI=1S/C12H17NO2/c1-3-13-9(2)6-10-4-5-11-12(7-10)15-8-14-11/h4-5,7,9,13H,3,6,8H2,1-2H3/t9-/m1/s1/i3D2,4D,5D,7D,8D2,9D. The lowest BCUT2D eigenvalue weighted by Crippen LogP contribution is -2.27. The minimum Gasteiger partial charge on any atom is -0.454 e. The van der Waals surface area contributed by atoms with E-state index in [9.17, 15) is 0 Å².